The van der Waals surface area contributed by atoms with E-state index in [0.717, 1.165) is 24.3 Å². The number of benzene rings is 1. The minimum absolute atomic E-state index is 0.0321. The van der Waals surface area contributed by atoms with Gasteiger partial charge in [0.2, 0.25) is 10.0 Å². The van der Waals surface area contributed by atoms with Crippen molar-refractivity contribution in [2.45, 2.75) is 30.3 Å². The minimum Gasteiger partial charge on any atom is -0.496 e. The number of hydrogen-bond acceptors (Lipinski definition) is 5. The Balaban J connectivity index is 2.20. The first-order valence-corrected chi connectivity index (χ1v) is 9.17. The van der Waals surface area contributed by atoms with Crippen LogP contribution >= 0.6 is 11.8 Å². The smallest absolute Gasteiger partial charge is 0.240 e. The molecule has 20 heavy (non-hydrogen) atoms. The molecule has 1 fully saturated rings. The first-order chi connectivity index (χ1) is 9.56. The van der Waals surface area contributed by atoms with Gasteiger partial charge in [-0.3, -0.25) is 0 Å². The molecule has 1 heterocycles. The molecule has 0 atom stereocenters. The SMILES string of the molecule is COc1ccc(S(=O)(=O)NC2CCSCC2)cc1CN. The van der Waals surface area contributed by atoms with Crippen molar-refractivity contribution in [3.8, 4) is 5.75 Å². The number of nitrogens with two attached hydrogens (primary N) is 1. The fraction of sp³-hybridized carbons (Fsp3) is 0.538. The molecule has 0 bridgehead atoms. The molecule has 0 amide bonds. The van der Waals surface area contributed by atoms with Gasteiger partial charge in [-0.2, -0.15) is 11.8 Å². The van der Waals surface area contributed by atoms with Crippen molar-refractivity contribution in [3.63, 3.8) is 0 Å². The number of thioether (sulfide) groups is 1. The largest absolute Gasteiger partial charge is 0.496 e. The molecule has 2 rings (SSSR count). The maximum absolute atomic E-state index is 12.4. The third-order valence-corrected chi connectivity index (χ3v) is 5.89. The predicted molar refractivity (Wildman–Crippen MR) is 81.6 cm³/mol. The van der Waals surface area contributed by atoms with Crippen LogP contribution in [-0.2, 0) is 16.6 Å². The van der Waals surface area contributed by atoms with Crippen molar-refractivity contribution in [1.29, 1.82) is 0 Å². The van der Waals surface area contributed by atoms with Gasteiger partial charge in [0.15, 0.2) is 0 Å². The Labute approximate surface area is 124 Å². The van der Waals surface area contributed by atoms with E-state index in [2.05, 4.69) is 4.72 Å². The van der Waals surface area contributed by atoms with Crippen molar-refractivity contribution in [3.05, 3.63) is 23.8 Å². The second-order valence-corrected chi connectivity index (χ2v) is 7.62. The van der Waals surface area contributed by atoms with Gasteiger partial charge in [0.05, 0.1) is 12.0 Å². The van der Waals surface area contributed by atoms with E-state index in [-0.39, 0.29) is 17.5 Å². The number of nitrogens with one attached hydrogen (secondary N) is 1. The number of sulfonamides is 1. The van der Waals surface area contributed by atoms with Gasteiger partial charge in [0.1, 0.15) is 5.75 Å². The minimum atomic E-state index is -3.49. The summed E-state index contributed by atoms with van der Waals surface area (Å²) in [7, 11) is -1.95. The molecule has 5 nitrogen and oxygen atoms in total. The van der Waals surface area contributed by atoms with E-state index in [0.29, 0.717) is 11.3 Å². The molecule has 0 saturated carbocycles. The van der Waals surface area contributed by atoms with Gasteiger partial charge >= 0.3 is 0 Å². The average molecular weight is 316 g/mol. The van der Waals surface area contributed by atoms with Crippen molar-refractivity contribution >= 4 is 21.8 Å². The van der Waals surface area contributed by atoms with Gasteiger partial charge in [0.25, 0.3) is 0 Å². The molecule has 0 spiro atoms. The highest BCUT2D eigenvalue weighted by Gasteiger charge is 2.22. The number of hydrogen-bond donors (Lipinski definition) is 2. The quantitative estimate of drug-likeness (QED) is 0.856. The van der Waals surface area contributed by atoms with Crippen LogP contribution in [0.15, 0.2) is 23.1 Å². The highest BCUT2D eigenvalue weighted by Crippen LogP contribution is 2.23. The normalized spacial score (nSPS) is 17.1. The molecule has 1 aliphatic rings. The second kappa shape index (κ2) is 6.80. The monoisotopic (exact) mass is 316 g/mol. The van der Waals surface area contributed by atoms with Crippen LogP contribution in [0.4, 0.5) is 0 Å². The summed E-state index contributed by atoms with van der Waals surface area (Å²) in [5.74, 6) is 2.62. The van der Waals surface area contributed by atoms with Crippen LogP contribution in [0, 0.1) is 0 Å². The van der Waals surface area contributed by atoms with Crippen molar-refractivity contribution in [2.75, 3.05) is 18.6 Å². The van der Waals surface area contributed by atoms with Crippen molar-refractivity contribution in [2.24, 2.45) is 5.73 Å². The lowest BCUT2D eigenvalue weighted by Crippen LogP contribution is -2.37. The Morgan fingerprint density at radius 2 is 2.10 bits per heavy atom. The van der Waals surface area contributed by atoms with Gasteiger partial charge < -0.3 is 10.5 Å². The standard InChI is InChI=1S/C13H20N2O3S2/c1-18-13-3-2-12(8-10(13)9-14)20(16,17)15-11-4-6-19-7-5-11/h2-3,8,11,15H,4-7,9,14H2,1H3. The van der Waals surface area contributed by atoms with E-state index in [4.69, 9.17) is 10.5 Å². The molecule has 7 heteroatoms. The number of rotatable bonds is 5. The molecule has 3 N–H and O–H groups in total. The molecule has 0 aliphatic carbocycles. The lowest BCUT2D eigenvalue weighted by Gasteiger charge is -2.22. The van der Waals surface area contributed by atoms with Gasteiger partial charge in [0, 0.05) is 18.2 Å². The lowest BCUT2D eigenvalue weighted by molar-refractivity contribution is 0.409. The third-order valence-electron chi connectivity index (χ3n) is 3.33. The predicted octanol–water partition coefficient (Wildman–Crippen LogP) is 1.33. The molecule has 1 aliphatic heterocycles. The summed E-state index contributed by atoms with van der Waals surface area (Å²) in [6.45, 7) is 0.243. The van der Waals surface area contributed by atoms with Gasteiger partial charge in [-0.25, -0.2) is 13.1 Å². The van der Waals surface area contributed by atoms with Gasteiger partial charge in [-0.15, -0.1) is 0 Å². The molecular formula is C13H20N2O3S2. The summed E-state index contributed by atoms with van der Waals surface area (Å²) in [4.78, 5) is 0.247. The first-order valence-electron chi connectivity index (χ1n) is 6.54. The summed E-state index contributed by atoms with van der Waals surface area (Å²) in [6, 6.07) is 4.81. The van der Waals surface area contributed by atoms with E-state index in [1.54, 1.807) is 25.3 Å². The molecule has 112 valence electrons. The zero-order valence-electron chi connectivity index (χ0n) is 11.5. The van der Waals surface area contributed by atoms with Gasteiger partial charge in [-0.1, -0.05) is 0 Å². The van der Waals surface area contributed by atoms with E-state index in [1.165, 1.54) is 0 Å². The third kappa shape index (κ3) is 3.66. The zero-order chi connectivity index (χ0) is 14.6. The highest BCUT2D eigenvalue weighted by molar-refractivity contribution is 7.99. The fourth-order valence-corrected chi connectivity index (χ4v) is 4.65. The molecule has 0 unspecified atom stereocenters. The maximum Gasteiger partial charge on any atom is 0.240 e. The van der Waals surface area contributed by atoms with Crippen LogP contribution < -0.4 is 15.2 Å². The van der Waals surface area contributed by atoms with Crippen LogP contribution in [-0.4, -0.2) is 33.1 Å². The van der Waals surface area contributed by atoms with Crippen LogP contribution in [0.2, 0.25) is 0 Å². The summed E-state index contributed by atoms with van der Waals surface area (Å²) in [5, 5.41) is 0. The Morgan fingerprint density at radius 1 is 1.40 bits per heavy atom. The topological polar surface area (TPSA) is 81.4 Å². The molecule has 1 saturated heterocycles. The Hall–Kier alpha value is -0.760. The summed E-state index contributed by atoms with van der Waals surface area (Å²) >= 11 is 1.86. The Bertz CT molecular complexity index is 555. The number of methoxy groups -OCH3 is 1. The molecule has 0 aromatic heterocycles. The summed E-state index contributed by atoms with van der Waals surface area (Å²) in [5.41, 5.74) is 6.31. The van der Waals surface area contributed by atoms with Crippen LogP contribution in [0.5, 0.6) is 5.75 Å². The maximum atomic E-state index is 12.4. The van der Waals surface area contributed by atoms with E-state index >= 15 is 0 Å². The molecule has 0 radical (unpaired) electrons. The average Bonchev–Trinajstić information content (AvgIpc) is 2.47. The highest BCUT2D eigenvalue weighted by atomic mass is 32.2. The van der Waals surface area contributed by atoms with Crippen molar-refractivity contribution in [1.82, 2.24) is 4.72 Å². The first kappa shape index (κ1) is 15.6. The van der Waals surface area contributed by atoms with Crippen LogP contribution in [0.25, 0.3) is 0 Å². The van der Waals surface area contributed by atoms with E-state index < -0.39 is 10.0 Å². The van der Waals surface area contributed by atoms with Crippen LogP contribution in [0.1, 0.15) is 18.4 Å². The number of ether oxygens (including phenoxy) is 1. The van der Waals surface area contributed by atoms with E-state index in [9.17, 15) is 8.42 Å². The zero-order valence-corrected chi connectivity index (χ0v) is 13.1. The second-order valence-electron chi connectivity index (χ2n) is 4.69. The van der Waals surface area contributed by atoms with Crippen molar-refractivity contribution < 1.29 is 13.2 Å². The van der Waals surface area contributed by atoms with Crippen LogP contribution in [0.3, 0.4) is 0 Å². The molecular weight excluding hydrogens is 296 g/mol. The molecule has 1 aromatic rings. The Morgan fingerprint density at radius 3 is 2.70 bits per heavy atom. The molecule has 1 aromatic carbocycles. The van der Waals surface area contributed by atoms with Gasteiger partial charge in [-0.05, 0) is 42.5 Å². The van der Waals surface area contributed by atoms with E-state index in [1.807, 2.05) is 11.8 Å². The Kier molecular flexibility index (Phi) is 5.31. The summed E-state index contributed by atoms with van der Waals surface area (Å²) in [6.07, 6.45) is 1.76. The summed E-state index contributed by atoms with van der Waals surface area (Å²) < 4.78 is 32.7. The lowest BCUT2D eigenvalue weighted by atomic mass is 10.2. The fourth-order valence-electron chi connectivity index (χ4n) is 2.18.